The second-order valence-electron chi connectivity index (χ2n) is 8.23. The number of rotatable bonds is 10. The van der Waals surface area contributed by atoms with E-state index in [1.807, 2.05) is 27.9 Å². The van der Waals surface area contributed by atoms with Crippen molar-refractivity contribution in [2.45, 2.75) is 19.9 Å². The van der Waals surface area contributed by atoms with Crippen molar-refractivity contribution in [1.82, 2.24) is 4.90 Å². The van der Waals surface area contributed by atoms with Crippen LogP contribution in [0.25, 0.3) is 5.76 Å². The van der Waals surface area contributed by atoms with Crippen molar-refractivity contribution in [1.29, 1.82) is 0 Å². The number of nitrogens with one attached hydrogen (secondary N) is 1. The van der Waals surface area contributed by atoms with Crippen molar-refractivity contribution in [3.63, 3.8) is 0 Å². The highest BCUT2D eigenvalue weighted by Gasteiger charge is 2.44. The van der Waals surface area contributed by atoms with E-state index in [1.54, 1.807) is 42.5 Å². The Morgan fingerprint density at radius 1 is 1.00 bits per heavy atom. The molecule has 2 aromatic rings. The first-order valence-corrected chi connectivity index (χ1v) is 11.4. The smallest absolute Gasteiger partial charge is 0.295 e. The van der Waals surface area contributed by atoms with Crippen molar-refractivity contribution >= 4 is 17.4 Å². The Bertz CT molecular complexity index is 1060. The second kappa shape index (κ2) is 11.1. The molecule has 1 N–H and O–H groups in total. The number of hydrogen-bond acceptors (Lipinski definition) is 6. The largest absolute Gasteiger partial charge is 0.872 e. The van der Waals surface area contributed by atoms with Gasteiger partial charge in [0.25, 0.3) is 5.91 Å². The van der Waals surface area contributed by atoms with Gasteiger partial charge in [-0.2, -0.15) is 0 Å². The van der Waals surface area contributed by atoms with Crippen molar-refractivity contribution in [3.05, 3.63) is 59.2 Å². The maximum Gasteiger partial charge on any atom is 0.295 e. The normalized spacial score (nSPS) is 17.4. The van der Waals surface area contributed by atoms with Gasteiger partial charge in [-0.05, 0) is 49.2 Å². The van der Waals surface area contributed by atoms with Gasteiger partial charge in [0.05, 0.1) is 53.6 Å². The fourth-order valence-corrected chi connectivity index (χ4v) is 3.95. The summed E-state index contributed by atoms with van der Waals surface area (Å²) >= 11 is 0. The second-order valence-corrected chi connectivity index (χ2v) is 8.23. The maximum absolute atomic E-state index is 13.5. The molecule has 0 radical (unpaired) electrons. The van der Waals surface area contributed by atoms with Gasteiger partial charge in [-0.15, -0.1) is 0 Å². The molecular weight excluding hydrogens is 436 g/mol. The highest BCUT2D eigenvalue weighted by molar-refractivity contribution is 6.46. The number of carbonyl (C=O) groups is 2. The van der Waals surface area contributed by atoms with Crippen LogP contribution in [-0.4, -0.2) is 64.1 Å². The standard InChI is InChI=1S/C26H32N2O6/c1-6-33-19-11-8-17(9-12-19)24(29)22-23(28(15-14-27(3)4)26(31)25(22)30)18-10-13-20(34-7-2)21(16-18)32-5/h8-13,16,23,29H,6-7,14-15H2,1-5H3. The molecule has 1 unspecified atom stereocenters. The third-order valence-electron chi connectivity index (χ3n) is 5.61. The summed E-state index contributed by atoms with van der Waals surface area (Å²) in [7, 11) is 5.45. The maximum atomic E-state index is 13.5. The van der Waals surface area contributed by atoms with Crippen LogP contribution in [0.2, 0.25) is 0 Å². The molecular formula is C26H32N2O6. The summed E-state index contributed by atoms with van der Waals surface area (Å²) in [6.45, 7) is 5.65. The van der Waals surface area contributed by atoms with Crippen molar-refractivity contribution in [3.8, 4) is 17.2 Å². The summed E-state index contributed by atoms with van der Waals surface area (Å²) in [6, 6.07) is 11.0. The molecule has 1 fully saturated rings. The highest BCUT2D eigenvalue weighted by Crippen LogP contribution is 2.41. The lowest BCUT2D eigenvalue weighted by molar-refractivity contribution is -0.857. The van der Waals surface area contributed by atoms with Crippen molar-refractivity contribution in [2.24, 2.45) is 0 Å². The van der Waals surface area contributed by atoms with Crippen LogP contribution in [0.15, 0.2) is 48.0 Å². The van der Waals surface area contributed by atoms with Crippen LogP contribution in [0.4, 0.5) is 0 Å². The van der Waals surface area contributed by atoms with Gasteiger partial charge in [-0.3, -0.25) is 9.59 Å². The first kappa shape index (κ1) is 25.1. The molecule has 1 saturated heterocycles. The predicted octanol–water partition coefficient (Wildman–Crippen LogP) is 0.861. The predicted molar refractivity (Wildman–Crippen MR) is 126 cm³/mol. The zero-order valence-electron chi connectivity index (χ0n) is 20.3. The molecule has 8 nitrogen and oxygen atoms in total. The van der Waals surface area contributed by atoms with Crippen molar-refractivity contribution in [2.75, 3.05) is 47.5 Å². The van der Waals surface area contributed by atoms with Gasteiger partial charge in [0.1, 0.15) is 5.75 Å². The summed E-state index contributed by atoms with van der Waals surface area (Å²) in [4.78, 5) is 28.7. The Balaban J connectivity index is 2.13. The number of carbonyl (C=O) groups excluding carboxylic acids is 2. The SMILES string of the molecule is CCOc1ccc(C([O-])=C2C(=O)C(=O)N(CC[NH+](C)C)C2c2ccc(OCC)c(OC)c2)cc1. The third-order valence-corrected chi connectivity index (χ3v) is 5.61. The number of hydrogen-bond donors (Lipinski definition) is 1. The molecule has 0 spiro atoms. The molecule has 0 bridgehead atoms. The fourth-order valence-electron chi connectivity index (χ4n) is 3.95. The molecule has 1 aliphatic rings. The molecule has 8 heteroatoms. The van der Waals surface area contributed by atoms with E-state index in [2.05, 4.69) is 0 Å². The van der Waals surface area contributed by atoms with E-state index in [-0.39, 0.29) is 5.57 Å². The molecule has 3 rings (SSSR count). The number of Topliss-reactive ketones (excluding diaryl/α,β-unsaturated/α-hetero) is 1. The van der Waals surface area contributed by atoms with Crippen LogP contribution in [0.5, 0.6) is 17.2 Å². The molecule has 1 aliphatic heterocycles. The summed E-state index contributed by atoms with van der Waals surface area (Å²) in [6.07, 6.45) is 0. The number of likely N-dealkylation sites (N-methyl/N-ethyl adjacent to an activating group) is 1. The fraction of sp³-hybridized carbons (Fsp3) is 0.385. The summed E-state index contributed by atoms with van der Waals surface area (Å²) in [5, 5.41) is 13.5. The first-order valence-electron chi connectivity index (χ1n) is 11.4. The number of likely N-dealkylation sites (tertiary alicyclic amines) is 1. The lowest BCUT2D eigenvalue weighted by Crippen LogP contribution is -3.06. The summed E-state index contributed by atoms with van der Waals surface area (Å²) in [5.74, 6) is -0.274. The molecule has 1 heterocycles. The Morgan fingerprint density at radius 3 is 2.26 bits per heavy atom. The molecule has 0 saturated carbocycles. The van der Waals surface area contributed by atoms with Crippen molar-refractivity contribution < 1.29 is 33.8 Å². The van der Waals surface area contributed by atoms with Crippen LogP contribution in [0, 0.1) is 0 Å². The summed E-state index contributed by atoms with van der Waals surface area (Å²) < 4.78 is 16.5. The van der Waals surface area contributed by atoms with E-state index in [9.17, 15) is 14.7 Å². The van der Waals surface area contributed by atoms with Crippen LogP contribution in [0.3, 0.4) is 0 Å². The zero-order chi connectivity index (χ0) is 24.8. The highest BCUT2D eigenvalue weighted by atomic mass is 16.5. The van der Waals surface area contributed by atoms with Gasteiger partial charge >= 0.3 is 0 Å². The van der Waals surface area contributed by atoms with E-state index >= 15 is 0 Å². The Labute approximate surface area is 200 Å². The Hall–Kier alpha value is -3.52. The van der Waals surface area contributed by atoms with Crippen LogP contribution < -0.4 is 24.2 Å². The lowest BCUT2D eigenvalue weighted by atomic mass is 9.95. The number of ketones is 1. The minimum Gasteiger partial charge on any atom is -0.872 e. The van der Waals surface area contributed by atoms with Crippen LogP contribution in [-0.2, 0) is 9.59 Å². The number of amides is 1. The molecule has 34 heavy (non-hydrogen) atoms. The van der Waals surface area contributed by atoms with E-state index in [0.29, 0.717) is 54.7 Å². The van der Waals surface area contributed by atoms with Gasteiger partial charge in [0.2, 0.25) is 5.78 Å². The third kappa shape index (κ3) is 5.17. The molecule has 1 amide bonds. The topological polar surface area (TPSA) is 92.6 Å². The monoisotopic (exact) mass is 468 g/mol. The van der Waals surface area contributed by atoms with Gasteiger partial charge in [-0.25, -0.2) is 0 Å². The first-order chi connectivity index (χ1) is 16.3. The number of ether oxygens (including phenoxy) is 3. The average molecular weight is 469 g/mol. The number of quaternary nitrogens is 1. The molecule has 2 aromatic carbocycles. The molecule has 182 valence electrons. The van der Waals surface area contributed by atoms with E-state index in [0.717, 1.165) is 4.90 Å². The minimum absolute atomic E-state index is 0.0610. The van der Waals surface area contributed by atoms with Gasteiger partial charge in [-0.1, -0.05) is 24.0 Å². The summed E-state index contributed by atoms with van der Waals surface area (Å²) in [5.41, 5.74) is 0.874. The molecule has 1 atom stereocenters. The Kier molecular flexibility index (Phi) is 8.17. The Morgan fingerprint density at radius 2 is 1.68 bits per heavy atom. The van der Waals surface area contributed by atoms with Gasteiger partial charge in [0.15, 0.2) is 11.5 Å². The van der Waals surface area contributed by atoms with E-state index < -0.39 is 23.5 Å². The van der Waals surface area contributed by atoms with Gasteiger partial charge < -0.3 is 29.1 Å². The minimum atomic E-state index is -0.817. The van der Waals surface area contributed by atoms with E-state index in [1.165, 1.54) is 12.0 Å². The van der Waals surface area contributed by atoms with Crippen LogP contribution >= 0.6 is 0 Å². The molecule has 0 aromatic heterocycles. The number of nitrogens with zero attached hydrogens (tertiary/aromatic N) is 1. The molecule has 0 aliphatic carbocycles. The quantitative estimate of drug-likeness (QED) is 0.316. The van der Waals surface area contributed by atoms with Gasteiger partial charge in [0, 0.05) is 5.57 Å². The number of benzene rings is 2. The number of methoxy groups -OCH3 is 1. The van der Waals surface area contributed by atoms with Crippen LogP contribution in [0.1, 0.15) is 31.0 Å². The zero-order valence-corrected chi connectivity index (χ0v) is 20.3. The van der Waals surface area contributed by atoms with E-state index in [4.69, 9.17) is 14.2 Å². The lowest BCUT2D eigenvalue weighted by Gasteiger charge is -2.28. The average Bonchev–Trinajstić information content (AvgIpc) is 3.08.